The largest absolute Gasteiger partial charge is 0.480 e. The van der Waals surface area contributed by atoms with Crippen molar-refractivity contribution in [3.63, 3.8) is 0 Å². The minimum atomic E-state index is -0.928. The Hall–Kier alpha value is -0.750. The van der Waals surface area contributed by atoms with E-state index in [0.29, 0.717) is 12.2 Å². The SMILES string of the molecule is N[C@H]1CC[C@@H]2SC[C@@H](C(=O)O)N2C1=O. The topological polar surface area (TPSA) is 83.6 Å². The Kier molecular flexibility index (Phi) is 2.40. The molecule has 0 aromatic carbocycles. The van der Waals surface area contributed by atoms with E-state index in [2.05, 4.69) is 0 Å². The lowest BCUT2D eigenvalue weighted by atomic mass is 10.0. The van der Waals surface area contributed by atoms with E-state index in [9.17, 15) is 9.59 Å². The predicted molar refractivity (Wildman–Crippen MR) is 51.7 cm³/mol. The highest BCUT2D eigenvalue weighted by Crippen LogP contribution is 2.35. The van der Waals surface area contributed by atoms with Gasteiger partial charge in [0.15, 0.2) is 0 Å². The minimum Gasteiger partial charge on any atom is -0.480 e. The van der Waals surface area contributed by atoms with E-state index in [1.165, 1.54) is 16.7 Å². The van der Waals surface area contributed by atoms with Crippen molar-refractivity contribution in [2.24, 2.45) is 5.73 Å². The van der Waals surface area contributed by atoms with Crippen molar-refractivity contribution in [3.05, 3.63) is 0 Å². The first-order valence-electron chi connectivity index (χ1n) is 4.53. The standard InChI is InChI=1S/C8H12N2O3S/c9-4-1-2-6-10(7(4)11)5(3-14-6)8(12)13/h4-6H,1-3,9H2,(H,12,13)/t4-,5-,6-/m0/s1. The summed E-state index contributed by atoms with van der Waals surface area (Å²) in [6, 6.07) is -1.18. The number of carboxylic acids is 1. The molecule has 78 valence electrons. The molecule has 2 fully saturated rings. The van der Waals surface area contributed by atoms with Crippen LogP contribution in [-0.2, 0) is 9.59 Å². The van der Waals surface area contributed by atoms with Gasteiger partial charge in [-0.3, -0.25) is 4.79 Å². The average Bonchev–Trinajstić information content (AvgIpc) is 2.55. The lowest BCUT2D eigenvalue weighted by Gasteiger charge is -2.34. The van der Waals surface area contributed by atoms with E-state index < -0.39 is 18.1 Å². The lowest BCUT2D eigenvalue weighted by Crippen LogP contribution is -2.55. The molecule has 2 aliphatic heterocycles. The van der Waals surface area contributed by atoms with Crippen LogP contribution in [0.15, 0.2) is 0 Å². The van der Waals surface area contributed by atoms with Gasteiger partial charge in [-0.1, -0.05) is 0 Å². The minimum absolute atomic E-state index is 0.0309. The van der Waals surface area contributed by atoms with Gasteiger partial charge in [0.25, 0.3) is 0 Å². The van der Waals surface area contributed by atoms with Crippen molar-refractivity contribution in [1.29, 1.82) is 0 Å². The maximum Gasteiger partial charge on any atom is 0.327 e. The second-order valence-corrected chi connectivity index (χ2v) is 4.78. The summed E-state index contributed by atoms with van der Waals surface area (Å²) in [7, 11) is 0. The van der Waals surface area contributed by atoms with Crippen molar-refractivity contribution in [1.82, 2.24) is 4.90 Å². The quantitative estimate of drug-likeness (QED) is 0.615. The Morgan fingerprint density at radius 3 is 2.93 bits per heavy atom. The summed E-state index contributed by atoms with van der Waals surface area (Å²) in [5.74, 6) is -0.653. The van der Waals surface area contributed by atoms with Crippen molar-refractivity contribution in [2.75, 3.05) is 5.75 Å². The number of aliphatic carboxylic acids is 1. The molecule has 0 aromatic heterocycles. The first kappa shape index (κ1) is 9.79. The maximum absolute atomic E-state index is 11.6. The molecule has 3 atom stereocenters. The van der Waals surface area contributed by atoms with E-state index in [-0.39, 0.29) is 11.3 Å². The summed E-state index contributed by atoms with van der Waals surface area (Å²) in [6.07, 6.45) is 1.47. The number of piperidine rings is 1. The van der Waals surface area contributed by atoms with Crippen molar-refractivity contribution in [2.45, 2.75) is 30.3 Å². The second-order valence-electron chi connectivity index (χ2n) is 3.57. The fourth-order valence-electron chi connectivity index (χ4n) is 1.91. The number of carboxylic acid groups (broad SMARTS) is 1. The van der Waals surface area contributed by atoms with Crippen LogP contribution in [0.4, 0.5) is 0 Å². The molecule has 14 heavy (non-hydrogen) atoms. The fourth-order valence-corrected chi connectivity index (χ4v) is 3.33. The Bertz CT molecular complexity index is 284. The third-order valence-electron chi connectivity index (χ3n) is 2.67. The molecule has 3 N–H and O–H groups in total. The van der Waals surface area contributed by atoms with E-state index in [0.717, 1.165) is 6.42 Å². The smallest absolute Gasteiger partial charge is 0.327 e. The Morgan fingerprint density at radius 2 is 2.29 bits per heavy atom. The molecule has 2 aliphatic rings. The van der Waals surface area contributed by atoms with Crippen LogP contribution < -0.4 is 5.73 Å². The molecule has 0 radical (unpaired) electrons. The first-order chi connectivity index (χ1) is 6.61. The van der Waals surface area contributed by atoms with E-state index in [4.69, 9.17) is 10.8 Å². The number of rotatable bonds is 1. The molecular weight excluding hydrogens is 204 g/mol. The van der Waals surface area contributed by atoms with Crippen LogP contribution in [0.25, 0.3) is 0 Å². The van der Waals surface area contributed by atoms with Gasteiger partial charge < -0.3 is 15.7 Å². The highest BCUT2D eigenvalue weighted by atomic mass is 32.2. The number of fused-ring (bicyclic) bond motifs is 1. The Balaban J connectivity index is 2.20. The van der Waals surface area contributed by atoms with Crippen molar-refractivity contribution >= 4 is 23.6 Å². The van der Waals surface area contributed by atoms with Gasteiger partial charge >= 0.3 is 5.97 Å². The molecule has 0 aliphatic carbocycles. The summed E-state index contributed by atoms with van der Waals surface area (Å²) in [5, 5.41) is 8.94. The molecule has 5 nitrogen and oxygen atoms in total. The van der Waals surface area contributed by atoms with Crippen LogP contribution in [-0.4, -0.2) is 45.1 Å². The van der Waals surface area contributed by atoms with Crippen LogP contribution in [0.1, 0.15) is 12.8 Å². The van der Waals surface area contributed by atoms with Gasteiger partial charge in [0.2, 0.25) is 5.91 Å². The molecule has 6 heteroatoms. The Labute approximate surface area is 85.6 Å². The molecule has 2 rings (SSSR count). The molecule has 0 unspecified atom stereocenters. The average molecular weight is 216 g/mol. The lowest BCUT2D eigenvalue weighted by molar-refractivity contribution is -0.151. The number of carbonyl (C=O) groups excluding carboxylic acids is 1. The summed E-state index contributed by atoms with van der Waals surface area (Å²) in [6.45, 7) is 0. The predicted octanol–water partition coefficient (Wildman–Crippen LogP) is -0.538. The van der Waals surface area contributed by atoms with Gasteiger partial charge in [-0.15, -0.1) is 11.8 Å². The summed E-state index contributed by atoms with van der Waals surface area (Å²) in [4.78, 5) is 24.0. The van der Waals surface area contributed by atoms with Gasteiger partial charge in [-0.05, 0) is 12.8 Å². The maximum atomic E-state index is 11.6. The number of amides is 1. The van der Waals surface area contributed by atoms with E-state index in [1.807, 2.05) is 0 Å². The number of nitrogens with two attached hydrogens (primary N) is 1. The van der Waals surface area contributed by atoms with Crippen LogP contribution >= 0.6 is 11.8 Å². The molecule has 2 heterocycles. The zero-order valence-electron chi connectivity index (χ0n) is 7.55. The van der Waals surface area contributed by atoms with Gasteiger partial charge in [-0.2, -0.15) is 0 Å². The van der Waals surface area contributed by atoms with Crippen LogP contribution in [0, 0.1) is 0 Å². The monoisotopic (exact) mass is 216 g/mol. The number of thioether (sulfide) groups is 1. The fraction of sp³-hybridized carbons (Fsp3) is 0.750. The molecule has 1 amide bonds. The van der Waals surface area contributed by atoms with Crippen LogP contribution in [0.2, 0.25) is 0 Å². The highest BCUT2D eigenvalue weighted by Gasteiger charge is 2.45. The van der Waals surface area contributed by atoms with Crippen molar-refractivity contribution < 1.29 is 14.7 Å². The zero-order chi connectivity index (χ0) is 10.3. The van der Waals surface area contributed by atoms with Gasteiger partial charge in [0.05, 0.1) is 11.4 Å². The number of hydrogen-bond acceptors (Lipinski definition) is 4. The third kappa shape index (κ3) is 1.38. The van der Waals surface area contributed by atoms with E-state index in [1.54, 1.807) is 0 Å². The molecule has 0 saturated carbocycles. The van der Waals surface area contributed by atoms with Gasteiger partial charge in [0, 0.05) is 5.75 Å². The number of hydrogen-bond donors (Lipinski definition) is 2. The molecule has 0 aromatic rings. The Morgan fingerprint density at radius 1 is 1.57 bits per heavy atom. The normalized spacial score (nSPS) is 37.1. The zero-order valence-corrected chi connectivity index (χ0v) is 8.37. The second kappa shape index (κ2) is 3.43. The number of nitrogens with zero attached hydrogens (tertiary/aromatic N) is 1. The van der Waals surface area contributed by atoms with Gasteiger partial charge in [0.1, 0.15) is 6.04 Å². The van der Waals surface area contributed by atoms with Crippen molar-refractivity contribution in [3.8, 4) is 0 Å². The number of carbonyl (C=O) groups is 2. The first-order valence-corrected chi connectivity index (χ1v) is 5.58. The summed E-state index contributed by atoms with van der Waals surface area (Å²) >= 11 is 1.54. The molecule has 0 bridgehead atoms. The van der Waals surface area contributed by atoms with Crippen LogP contribution in [0.5, 0.6) is 0 Å². The highest BCUT2D eigenvalue weighted by molar-refractivity contribution is 8.00. The third-order valence-corrected chi connectivity index (χ3v) is 4.03. The molecular formula is C8H12N2O3S. The summed E-state index contributed by atoms with van der Waals surface area (Å²) < 4.78 is 0. The van der Waals surface area contributed by atoms with Crippen LogP contribution in [0.3, 0.4) is 0 Å². The molecule has 0 spiro atoms. The molecule has 2 saturated heterocycles. The summed E-state index contributed by atoms with van der Waals surface area (Å²) in [5.41, 5.74) is 5.60. The van der Waals surface area contributed by atoms with E-state index >= 15 is 0 Å². The van der Waals surface area contributed by atoms with Gasteiger partial charge in [-0.25, -0.2) is 4.79 Å².